The van der Waals surface area contributed by atoms with Gasteiger partial charge in [-0.1, -0.05) is 0 Å². The Balaban J connectivity index is 3.06. The molecule has 0 radical (unpaired) electrons. The first kappa shape index (κ1) is 12.1. The van der Waals surface area contributed by atoms with Crippen LogP contribution in [0.25, 0.3) is 0 Å². The maximum absolute atomic E-state index is 11.5. The van der Waals surface area contributed by atoms with Crippen molar-refractivity contribution >= 4 is 9.84 Å². The van der Waals surface area contributed by atoms with E-state index in [4.69, 9.17) is 10.2 Å². The first-order chi connectivity index (χ1) is 6.79. The van der Waals surface area contributed by atoms with Crippen LogP contribution in [0.15, 0.2) is 4.42 Å². The second-order valence-electron chi connectivity index (χ2n) is 3.82. The van der Waals surface area contributed by atoms with Gasteiger partial charge < -0.3 is 10.2 Å². The Hall–Kier alpha value is -0.950. The molecule has 15 heavy (non-hydrogen) atoms. The Morgan fingerprint density at radius 3 is 2.47 bits per heavy atom. The molecule has 1 rings (SSSR count). The molecule has 1 aromatic rings. The third-order valence-corrected chi connectivity index (χ3v) is 4.30. The second-order valence-corrected chi connectivity index (χ2v) is 6.39. The molecule has 0 atom stereocenters. The maximum Gasteiger partial charge on any atom is 0.237 e. The predicted octanol–water partition coefficient (Wildman–Crippen LogP) is -0.149. The number of nitrogens with two attached hydrogens (primary N) is 1. The Kier molecular flexibility index (Phi) is 3.15. The van der Waals surface area contributed by atoms with Gasteiger partial charge in [-0.05, 0) is 13.8 Å². The topological polar surface area (TPSA) is 99.1 Å². The minimum atomic E-state index is -3.28. The molecular weight excluding hydrogens is 218 g/mol. The molecule has 0 amide bonds. The lowest BCUT2D eigenvalue weighted by Crippen LogP contribution is -2.28. The standard InChI is InChI=1S/C8H15N3O3S/c1-8(2,15(3,12)13)7-11-10-6(14-7)4-5-9/h4-5,9H2,1-3H3. The van der Waals surface area contributed by atoms with E-state index >= 15 is 0 Å². The third-order valence-electron chi connectivity index (χ3n) is 2.27. The van der Waals surface area contributed by atoms with Crippen molar-refractivity contribution < 1.29 is 12.8 Å². The predicted molar refractivity (Wildman–Crippen MR) is 54.9 cm³/mol. The van der Waals surface area contributed by atoms with E-state index in [2.05, 4.69) is 10.2 Å². The molecule has 0 aromatic carbocycles. The first-order valence-electron chi connectivity index (χ1n) is 4.51. The first-order valence-corrected chi connectivity index (χ1v) is 6.40. The Bertz CT molecular complexity index is 436. The zero-order valence-corrected chi connectivity index (χ0v) is 9.84. The fourth-order valence-corrected chi connectivity index (χ4v) is 1.28. The van der Waals surface area contributed by atoms with Gasteiger partial charge in [0.2, 0.25) is 11.8 Å². The molecule has 6 nitrogen and oxygen atoms in total. The zero-order valence-electron chi connectivity index (χ0n) is 9.02. The van der Waals surface area contributed by atoms with Crippen LogP contribution in [-0.4, -0.2) is 31.4 Å². The van der Waals surface area contributed by atoms with Crippen LogP contribution < -0.4 is 5.73 Å². The summed E-state index contributed by atoms with van der Waals surface area (Å²) in [5.74, 6) is 0.470. The average Bonchev–Trinajstić information content (AvgIpc) is 2.51. The molecule has 0 saturated carbocycles. The van der Waals surface area contributed by atoms with Crippen LogP contribution in [0.4, 0.5) is 0 Å². The highest BCUT2D eigenvalue weighted by atomic mass is 32.2. The number of sulfone groups is 1. The van der Waals surface area contributed by atoms with Crippen molar-refractivity contribution in [1.82, 2.24) is 10.2 Å². The summed E-state index contributed by atoms with van der Waals surface area (Å²) in [5.41, 5.74) is 5.32. The van der Waals surface area contributed by atoms with Crippen molar-refractivity contribution in [2.45, 2.75) is 25.0 Å². The van der Waals surface area contributed by atoms with Crippen LogP contribution in [0.2, 0.25) is 0 Å². The van der Waals surface area contributed by atoms with Crippen LogP contribution >= 0.6 is 0 Å². The number of rotatable bonds is 4. The molecule has 7 heteroatoms. The van der Waals surface area contributed by atoms with Crippen molar-refractivity contribution in [2.75, 3.05) is 12.8 Å². The summed E-state index contributed by atoms with van der Waals surface area (Å²) < 4.78 is 27.0. The molecule has 2 N–H and O–H groups in total. The monoisotopic (exact) mass is 233 g/mol. The number of nitrogens with zero attached hydrogens (tertiary/aromatic N) is 2. The number of hydrogen-bond acceptors (Lipinski definition) is 6. The largest absolute Gasteiger partial charge is 0.424 e. The summed E-state index contributed by atoms with van der Waals surface area (Å²) in [4.78, 5) is 0. The SMILES string of the molecule is CC(C)(c1nnc(CCN)o1)S(C)(=O)=O. The van der Waals surface area contributed by atoms with Crippen LogP contribution in [-0.2, 0) is 21.0 Å². The van der Waals surface area contributed by atoms with Crippen molar-refractivity contribution in [2.24, 2.45) is 5.73 Å². The lowest BCUT2D eigenvalue weighted by molar-refractivity contribution is 0.406. The van der Waals surface area contributed by atoms with E-state index < -0.39 is 14.6 Å². The van der Waals surface area contributed by atoms with Crippen LogP contribution in [0.3, 0.4) is 0 Å². The van der Waals surface area contributed by atoms with Gasteiger partial charge in [0, 0.05) is 19.2 Å². The highest BCUT2D eigenvalue weighted by molar-refractivity contribution is 7.91. The van der Waals surface area contributed by atoms with E-state index in [-0.39, 0.29) is 5.89 Å². The molecule has 0 aliphatic heterocycles. The van der Waals surface area contributed by atoms with Gasteiger partial charge in [0.1, 0.15) is 4.75 Å². The fraction of sp³-hybridized carbons (Fsp3) is 0.750. The average molecular weight is 233 g/mol. The molecule has 86 valence electrons. The van der Waals surface area contributed by atoms with Gasteiger partial charge in [0.05, 0.1) is 0 Å². The van der Waals surface area contributed by atoms with Gasteiger partial charge in [-0.3, -0.25) is 0 Å². The quantitative estimate of drug-likeness (QED) is 0.776. The van der Waals surface area contributed by atoms with Crippen molar-refractivity contribution in [3.05, 3.63) is 11.8 Å². The van der Waals surface area contributed by atoms with E-state index in [9.17, 15) is 8.42 Å². The summed E-state index contributed by atoms with van der Waals surface area (Å²) in [5, 5.41) is 7.45. The van der Waals surface area contributed by atoms with Crippen molar-refractivity contribution in [1.29, 1.82) is 0 Å². The van der Waals surface area contributed by atoms with Gasteiger partial charge in [-0.2, -0.15) is 0 Å². The zero-order chi connectivity index (χ0) is 11.7. The lowest BCUT2D eigenvalue weighted by Gasteiger charge is -2.16. The molecule has 0 spiro atoms. The van der Waals surface area contributed by atoms with Crippen molar-refractivity contribution in [3.8, 4) is 0 Å². The second kappa shape index (κ2) is 3.90. The summed E-state index contributed by atoms with van der Waals surface area (Å²) in [6.45, 7) is 3.45. The normalized spacial score (nSPS) is 13.1. The minimum absolute atomic E-state index is 0.105. The summed E-state index contributed by atoms with van der Waals surface area (Å²) in [6, 6.07) is 0. The Morgan fingerprint density at radius 1 is 1.40 bits per heavy atom. The molecule has 0 aliphatic rings. The van der Waals surface area contributed by atoms with Gasteiger partial charge in [0.15, 0.2) is 9.84 Å². The van der Waals surface area contributed by atoms with E-state index in [0.29, 0.717) is 18.9 Å². The minimum Gasteiger partial charge on any atom is -0.424 e. The lowest BCUT2D eigenvalue weighted by atomic mass is 10.2. The van der Waals surface area contributed by atoms with Crippen LogP contribution in [0.5, 0.6) is 0 Å². The Labute approximate surface area is 88.8 Å². The molecule has 0 saturated heterocycles. The molecule has 0 aliphatic carbocycles. The van der Waals surface area contributed by atoms with Crippen LogP contribution in [0, 0.1) is 0 Å². The van der Waals surface area contributed by atoms with E-state index in [1.165, 1.54) is 13.8 Å². The highest BCUT2D eigenvalue weighted by Gasteiger charge is 2.37. The Morgan fingerprint density at radius 2 is 2.00 bits per heavy atom. The summed E-state index contributed by atoms with van der Waals surface area (Å²) in [6.07, 6.45) is 1.59. The highest BCUT2D eigenvalue weighted by Crippen LogP contribution is 2.27. The maximum atomic E-state index is 11.5. The molecule has 0 bridgehead atoms. The fourth-order valence-electron chi connectivity index (χ4n) is 0.880. The van der Waals surface area contributed by atoms with Gasteiger partial charge in [0.25, 0.3) is 0 Å². The molecule has 0 fully saturated rings. The smallest absolute Gasteiger partial charge is 0.237 e. The van der Waals surface area contributed by atoms with Gasteiger partial charge >= 0.3 is 0 Å². The summed E-state index contributed by atoms with van der Waals surface area (Å²) in [7, 11) is -3.28. The molecule has 1 heterocycles. The van der Waals surface area contributed by atoms with E-state index in [1.807, 2.05) is 0 Å². The van der Waals surface area contributed by atoms with Crippen LogP contribution in [0.1, 0.15) is 25.6 Å². The van der Waals surface area contributed by atoms with E-state index in [1.54, 1.807) is 0 Å². The van der Waals surface area contributed by atoms with Gasteiger partial charge in [-0.25, -0.2) is 8.42 Å². The molecule has 0 unspecified atom stereocenters. The van der Waals surface area contributed by atoms with E-state index in [0.717, 1.165) is 6.26 Å². The molecular formula is C8H15N3O3S. The third kappa shape index (κ3) is 2.35. The number of hydrogen-bond donors (Lipinski definition) is 1. The number of aromatic nitrogens is 2. The molecule has 1 aromatic heterocycles. The van der Waals surface area contributed by atoms with Gasteiger partial charge in [-0.15, -0.1) is 10.2 Å². The van der Waals surface area contributed by atoms with Crippen molar-refractivity contribution in [3.63, 3.8) is 0 Å². The summed E-state index contributed by atoms with van der Waals surface area (Å²) >= 11 is 0.